The average Bonchev–Trinajstić information content (AvgIpc) is 2.94. The number of hydrogen-bond donors (Lipinski definition) is 1. The zero-order valence-electron chi connectivity index (χ0n) is 17.2. The van der Waals surface area contributed by atoms with Gasteiger partial charge in [-0.2, -0.15) is 0 Å². The van der Waals surface area contributed by atoms with Gasteiger partial charge in [-0.3, -0.25) is 0 Å². The number of cyclic esters (lactones) is 3. The molecule has 0 aliphatic carbocycles. The van der Waals surface area contributed by atoms with Gasteiger partial charge < -0.3 is 28.8 Å². The topological polar surface area (TPSA) is 152 Å². The number of unbranched alkanes of at least 4 members (excludes halogenated alkanes) is 2. The minimum atomic E-state index is -1.33. The first-order chi connectivity index (χ1) is 13.5. The summed E-state index contributed by atoms with van der Waals surface area (Å²) >= 11 is 0. The third kappa shape index (κ3) is 11.0. The second-order valence-corrected chi connectivity index (χ2v) is 6.14. The first-order valence-electron chi connectivity index (χ1n) is 9.17. The number of ether oxygens (including phenoxy) is 5. The molecule has 166 valence electrons. The third-order valence-electron chi connectivity index (χ3n) is 3.37. The first-order valence-corrected chi connectivity index (χ1v) is 9.17. The second-order valence-electron chi connectivity index (χ2n) is 6.14. The van der Waals surface area contributed by atoms with Gasteiger partial charge in [-0.25, -0.2) is 24.0 Å². The SMILES string of the molecule is CC1OC(=O)OC1=O.CCCCCOC(=O)C(C)OC(=O)C(C)OC(=O)C(C)O. The summed E-state index contributed by atoms with van der Waals surface area (Å²) in [7, 11) is 0. The molecular weight excluding hydrogens is 392 g/mol. The highest BCUT2D eigenvalue weighted by Gasteiger charge is 2.30. The van der Waals surface area contributed by atoms with E-state index in [0.29, 0.717) is 0 Å². The maximum Gasteiger partial charge on any atom is 0.517 e. The van der Waals surface area contributed by atoms with Gasteiger partial charge in [0.05, 0.1) is 6.61 Å². The van der Waals surface area contributed by atoms with E-state index in [0.717, 1.165) is 19.3 Å². The van der Waals surface area contributed by atoms with Crippen LogP contribution in [0.2, 0.25) is 0 Å². The fraction of sp³-hybridized carbons (Fsp3) is 0.722. The summed E-state index contributed by atoms with van der Waals surface area (Å²) in [6, 6.07) is 0. The molecule has 0 bridgehead atoms. The van der Waals surface area contributed by atoms with Crippen molar-refractivity contribution in [2.45, 2.75) is 78.3 Å². The highest BCUT2D eigenvalue weighted by molar-refractivity contribution is 5.90. The zero-order valence-corrected chi connectivity index (χ0v) is 17.2. The van der Waals surface area contributed by atoms with Gasteiger partial charge in [-0.1, -0.05) is 19.8 Å². The minimum Gasteiger partial charge on any atom is -0.463 e. The van der Waals surface area contributed by atoms with E-state index in [4.69, 9.17) is 14.6 Å². The average molecular weight is 420 g/mol. The summed E-state index contributed by atoms with van der Waals surface area (Å²) in [5, 5.41) is 8.96. The Bertz CT molecular complexity index is 584. The molecule has 0 aromatic rings. The fourth-order valence-corrected chi connectivity index (χ4v) is 1.66. The molecule has 0 spiro atoms. The van der Waals surface area contributed by atoms with E-state index in [1.807, 2.05) is 6.92 Å². The lowest BCUT2D eigenvalue weighted by Gasteiger charge is -2.17. The van der Waals surface area contributed by atoms with E-state index in [1.165, 1.54) is 27.7 Å². The van der Waals surface area contributed by atoms with Crippen molar-refractivity contribution in [3.63, 3.8) is 0 Å². The van der Waals surface area contributed by atoms with Crippen LogP contribution in [0.25, 0.3) is 0 Å². The molecule has 1 saturated heterocycles. The number of esters is 4. The molecule has 11 heteroatoms. The molecule has 0 aromatic carbocycles. The molecule has 0 saturated carbocycles. The van der Waals surface area contributed by atoms with Crippen LogP contribution >= 0.6 is 0 Å². The Balaban J connectivity index is 0.000000807. The van der Waals surface area contributed by atoms with Crippen LogP contribution in [0.5, 0.6) is 0 Å². The van der Waals surface area contributed by atoms with E-state index in [-0.39, 0.29) is 6.61 Å². The monoisotopic (exact) mass is 420 g/mol. The van der Waals surface area contributed by atoms with Crippen LogP contribution < -0.4 is 0 Å². The Hall–Kier alpha value is -2.69. The van der Waals surface area contributed by atoms with Gasteiger partial charge in [-0.05, 0) is 34.1 Å². The molecule has 1 aliphatic heterocycles. The molecule has 1 rings (SSSR count). The Morgan fingerprint density at radius 3 is 1.97 bits per heavy atom. The van der Waals surface area contributed by atoms with Crippen molar-refractivity contribution >= 4 is 30.0 Å². The number of rotatable bonds is 9. The lowest BCUT2D eigenvalue weighted by Crippen LogP contribution is -2.35. The number of hydrogen-bond acceptors (Lipinski definition) is 11. The Morgan fingerprint density at radius 2 is 1.55 bits per heavy atom. The van der Waals surface area contributed by atoms with Crippen LogP contribution in [0.4, 0.5) is 4.79 Å². The lowest BCUT2D eigenvalue weighted by atomic mass is 10.3. The highest BCUT2D eigenvalue weighted by Crippen LogP contribution is 2.06. The normalized spacial score (nSPS) is 18.2. The highest BCUT2D eigenvalue weighted by atomic mass is 16.8. The summed E-state index contributed by atoms with van der Waals surface area (Å²) in [5.74, 6) is -3.07. The summed E-state index contributed by atoms with van der Waals surface area (Å²) in [6.45, 7) is 7.65. The predicted octanol–water partition coefficient (Wildman–Crippen LogP) is 1.03. The molecule has 1 fully saturated rings. The quantitative estimate of drug-likeness (QED) is 0.246. The smallest absolute Gasteiger partial charge is 0.463 e. The Labute approximate surface area is 168 Å². The molecule has 4 unspecified atom stereocenters. The van der Waals surface area contributed by atoms with E-state index >= 15 is 0 Å². The summed E-state index contributed by atoms with van der Waals surface area (Å²) in [5.41, 5.74) is 0. The van der Waals surface area contributed by atoms with Crippen LogP contribution in [0, 0.1) is 0 Å². The Morgan fingerprint density at radius 1 is 1.00 bits per heavy atom. The largest absolute Gasteiger partial charge is 0.517 e. The maximum absolute atomic E-state index is 11.6. The van der Waals surface area contributed by atoms with Crippen LogP contribution in [0.3, 0.4) is 0 Å². The van der Waals surface area contributed by atoms with Gasteiger partial charge in [0.25, 0.3) is 0 Å². The van der Waals surface area contributed by atoms with Crippen molar-refractivity contribution in [2.75, 3.05) is 6.61 Å². The zero-order chi connectivity index (χ0) is 22.6. The molecule has 0 radical (unpaired) electrons. The molecule has 0 aromatic heterocycles. The van der Waals surface area contributed by atoms with E-state index in [9.17, 15) is 24.0 Å². The molecule has 4 atom stereocenters. The van der Waals surface area contributed by atoms with Crippen molar-refractivity contribution in [2.24, 2.45) is 0 Å². The summed E-state index contributed by atoms with van der Waals surface area (Å²) in [4.78, 5) is 54.5. The Kier molecular flexibility index (Phi) is 12.2. The standard InChI is InChI=1S/C14H24O7.C4H4O4/c1-5-6-7-8-19-13(17)10(3)21-14(18)11(4)20-12(16)9(2)15;1-2-3(5)8-4(6)7-2/h9-11,15H,5-8H2,1-4H3;2H,1H3. The first kappa shape index (κ1) is 26.3. The van der Waals surface area contributed by atoms with Gasteiger partial charge in [-0.15, -0.1) is 0 Å². The van der Waals surface area contributed by atoms with Gasteiger partial charge in [0.1, 0.15) is 6.10 Å². The predicted molar refractivity (Wildman–Crippen MR) is 95.3 cm³/mol. The van der Waals surface area contributed by atoms with Crippen molar-refractivity contribution in [3.8, 4) is 0 Å². The number of aliphatic hydroxyl groups is 1. The fourth-order valence-electron chi connectivity index (χ4n) is 1.66. The number of carbonyl (C=O) groups excluding carboxylic acids is 5. The summed E-state index contributed by atoms with van der Waals surface area (Å²) < 4.78 is 22.7. The van der Waals surface area contributed by atoms with Gasteiger partial charge >= 0.3 is 30.0 Å². The molecule has 1 N–H and O–H groups in total. The van der Waals surface area contributed by atoms with Crippen molar-refractivity contribution in [1.82, 2.24) is 0 Å². The van der Waals surface area contributed by atoms with Crippen LogP contribution in [0.1, 0.15) is 53.9 Å². The molecular formula is C18H28O11. The van der Waals surface area contributed by atoms with E-state index in [2.05, 4.69) is 14.2 Å². The van der Waals surface area contributed by atoms with Gasteiger partial charge in [0, 0.05) is 0 Å². The molecule has 1 aliphatic rings. The molecule has 11 nitrogen and oxygen atoms in total. The van der Waals surface area contributed by atoms with Crippen LogP contribution in [0.15, 0.2) is 0 Å². The number of aliphatic hydroxyl groups excluding tert-OH is 1. The second kappa shape index (κ2) is 13.5. The van der Waals surface area contributed by atoms with Crippen LogP contribution in [-0.2, 0) is 42.9 Å². The molecule has 1 heterocycles. The minimum absolute atomic E-state index is 0.279. The summed E-state index contributed by atoms with van der Waals surface area (Å²) in [6.07, 6.45) is -2.52. The van der Waals surface area contributed by atoms with Gasteiger partial charge in [0.2, 0.25) is 0 Å². The van der Waals surface area contributed by atoms with Crippen molar-refractivity contribution in [1.29, 1.82) is 0 Å². The lowest BCUT2D eigenvalue weighted by molar-refractivity contribution is -0.179. The van der Waals surface area contributed by atoms with Crippen molar-refractivity contribution < 1.29 is 52.8 Å². The maximum atomic E-state index is 11.6. The van der Waals surface area contributed by atoms with E-state index in [1.54, 1.807) is 0 Å². The van der Waals surface area contributed by atoms with Crippen LogP contribution in [-0.4, -0.2) is 66.2 Å². The van der Waals surface area contributed by atoms with Crippen molar-refractivity contribution in [3.05, 3.63) is 0 Å². The third-order valence-corrected chi connectivity index (χ3v) is 3.37. The molecule has 29 heavy (non-hydrogen) atoms. The number of carbonyl (C=O) groups is 5. The van der Waals surface area contributed by atoms with E-state index < -0.39 is 54.4 Å². The molecule has 0 amide bonds. The van der Waals surface area contributed by atoms with Gasteiger partial charge in [0.15, 0.2) is 18.3 Å².